The van der Waals surface area contributed by atoms with Gasteiger partial charge >= 0.3 is 0 Å². The van der Waals surface area contributed by atoms with Gasteiger partial charge in [0.25, 0.3) is 0 Å². The van der Waals surface area contributed by atoms with Gasteiger partial charge in [-0.3, -0.25) is 0 Å². The summed E-state index contributed by atoms with van der Waals surface area (Å²) in [6.07, 6.45) is 1.23. The first kappa shape index (κ1) is 6.17. The normalized spacial score (nSPS) is 37.6. The van der Waals surface area contributed by atoms with Crippen LogP contribution in [0.15, 0.2) is 0 Å². The minimum atomic E-state index is 0.514. The highest BCUT2D eigenvalue weighted by Crippen LogP contribution is 2.10. The fraction of sp³-hybridized carbons (Fsp3) is 0.833. The van der Waals surface area contributed by atoms with Gasteiger partial charge in [-0.2, -0.15) is 0 Å². The fourth-order valence-electron chi connectivity index (χ4n) is 1.06. The molecule has 1 rings (SSSR count). The average Bonchev–Trinajstić information content (AvgIpc) is 2.14. The number of thiocarbonyl (C=S) groups is 1. The molecule has 0 bridgehead atoms. The first-order valence-corrected chi connectivity index (χ1v) is 3.48. The van der Waals surface area contributed by atoms with Crippen LogP contribution in [0, 0.1) is 5.92 Å². The maximum absolute atomic E-state index is 4.78. The predicted molar refractivity (Wildman–Crippen MR) is 39.2 cm³/mol. The molecule has 2 heteroatoms. The zero-order chi connectivity index (χ0) is 5.98. The molecule has 0 spiro atoms. The second-order valence-electron chi connectivity index (χ2n) is 2.49. The van der Waals surface area contributed by atoms with Crippen LogP contribution in [0.3, 0.4) is 0 Å². The van der Waals surface area contributed by atoms with E-state index in [4.69, 9.17) is 12.2 Å². The van der Waals surface area contributed by atoms with Gasteiger partial charge in [-0.05, 0) is 24.3 Å². The van der Waals surface area contributed by atoms with E-state index in [1.807, 2.05) is 5.37 Å². The van der Waals surface area contributed by atoms with E-state index in [-0.39, 0.29) is 0 Å². The van der Waals surface area contributed by atoms with Gasteiger partial charge in [0.05, 0.1) is 0 Å². The molecule has 1 aliphatic heterocycles. The minimum absolute atomic E-state index is 0.514. The van der Waals surface area contributed by atoms with Crippen LogP contribution < -0.4 is 5.32 Å². The molecule has 8 heavy (non-hydrogen) atoms. The first-order valence-electron chi connectivity index (χ1n) is 3.01. The Bertz CT molecular complexity index is 92.5. The molecule has 1 fully saturated rings. The van der Waals surface area contributed by atoms with E-state index in [9.17, 15) is 0 Å². The van der Waals surface area contributed by atoms with E-state index in [0.717, 1.165) is 12.5 Å². The summed E-state index contributed by atoms with van der Waals surface area (Å²) in [6, 6.07) is 0.514. The molecule has 1 heterocycles. The molecule has 1 aliphatic rings. The van der Waals surface area contributed by atoms with Crippen molar-refractivity contribution in [1.82, 2.24) is 5.32 Å². The molecule has 0 saturated carbocycles. The third-order valence-corrected chi connectivity index (χ3v) is 1.88. The van der Waals surface area contributed by atoms with Gasteiger partial charge < -0.3 is 5.32 Å². The summed E-state index contributed by atoms with van der Waals surface area (Å²) >= 11 is 4.78. The van der Waals surface area contributed by atoms with Crippen molar-refractivity contribution in [2.45, 2.75) is 19.4 Å². The average molecular weight is 129 g/mol. The van der Waals surface area contributed by atoms with Gasteiger partial charge in [0, 0.05) is 6.04 Å². The Labute approximate surface area is 55.5 Å². The fourth-order valence-corrected chi connectivity index (χ4v) is 1.26. The molecule has 0 radical (unpaired) electrons. The summed E-state index contributed by atoms with van der Waals surface area (Å²) in [7, 11) is 0. The standard InChI is InChI=1S/C6H11NS/c1-5-2-6(4-8)7-3-5/h4-7H,2-3H2,1H3/t5?,6-/m0/s1. The van der Waals surface area contributed by atoms with Crippen LogP contribution >= 0.6 is 12.2 Å². The SMILES string of the molecule is CC1CN[C@H](C=S)C1. The number of hydrogen-bond donors (Lipinski definition) is 1. The summed E-state index contributed by atoms with van der Waals surface area (Å²) in [5.74, 6) is 0.819. The highest BCUT2D eigenvalue weighted by atomic mass is 32.1. The smallest absolute Gasteiger partial charge is 0.0356 e. The van der Waals surface area contributed by atoms with E-state index >= 15 is 0 Å². The van der Waals surface area contributed by atoms with Gasteiger partial charge in [-0.15, -0.1) is 0 Å². The van der Waals surface area contributed by atoms with Crippen molar-refractivity contribution in [2.75, 3.05) is 6.54 Å². The van der Waals surface area contributed by atoms with Gasteiger partial charge in [-0.25, -0.2) is 0 Å². The van der Waals surface area contributed by atoms with Crippen LogP contribution in [0.4, 0.5) is 0 Å². The van der Waals surface area contributed by atoms with Crippen LogP contribution in [0.2, 0.25) is 0 Å². The quantitative estimate of drug-likeness (QED) is 0.530. The third kappa shape index (κ3) is 1.26. The topological polar surface area (TPSA) is 12.0 Å². The Kier molecular flexibility index (Phi) is 1.97. The number of rotatable bonds is 1. The van der Waals surface area contributed by atoms with Gasteiger partial charge in [0.15, 0.2) is 0 Å². The second-order valence-corrected chi connectivity index (χ2v) is 2.76. The van der Waals surface area contributed by atoms with Crippen LogP contribution in [0.1, 0.15) is 13.3 Å². The maximum Gasteiger partial charge on any atom is 0.0356 e. The first-order chi connectivity index (χ1) is 3.83. The number of hydrogen-bond acceptors (Lipinski definition) is 2. The zero-order valence-corrected chi connectivity index (χ0v) is 5.87. The van der Waals surface area contributed by atoms with Crippen LogP contribution in [0.5, 0.6) is 0 Å². The summed E-state index contributed by atoms with van der Waals surface area (Å²) in [6.45, 7) is 3.38. The Balaban J connectivity index is 2.32. The van der Waals surface area contributed by atoms with E-state index < -0.39 is 0 Å². The third-order valence-electron chi connectivity index (χ3n) is 1.55. The van der Waals surface area contributed by atoms with Crippen molar-refractivity contribution in [3.63, 3.8) is 0 Å². The summed E-state index contributed by atoms with van der Waals surface area (Å²) in [5, 5.41) is 5.12. The number of nitrogens with one attached hydrogen (secondary N) is 1. The molecule has 1 N–H and O–H groups in total. The predicted octanol–water partition coefficient (Wildman–Crippen LogP) is 0.984. The molecule has 0 aliphatic carbocycles. The summed E-state index contributed by atoms with van der Waals surface area (Å²) < 4.78 is 0. The van der Waals surface area contributed by atoms with E-state index in [0.29, 0.717) is 6.04 Å². The summed E-state index contributed by atoms with van der Waals surface area (Å²) in [5.41, 5.74) is 0. The van der Waals surface area contributed by atoms with E-state index in [1.54, 1.807) is 0 Å². The zero-order valence-electron chi connectivity index (χ0n) is 5.05. The van der Waals surface area contributed by atoms with Gasteiger partial charge in [0.2, 0.25) is 0 Å². The lowest BCUT2D eigenvalue weighted by Crippen LogP contribution is -2.21. The molecule has 0 amide bonds. The largest absolute Gasteiger partial charge is 0.309 e. The lowest BCUT2D eigenvalue weighted by Gasteiger charge is -1.97. The molecule has 1 nitrogen and oxygen atoms in total. The van der Waals surface area contributed by atoms with Crippen LogP contribution in [-0.2, 0) is 0 Å². The lowest BCUT2D eigenvalue weighted by atomic mass is 10.1. The van der Waals surface area contributed by atoms with Crippen molar-refractivity contribution in [3.05, 3.63) is 0 Å². The summed E-state index contributed by atoms with van der Waals surface area (Å²) in [4.78, 5) is 0. The molecule has 0 aromatic heterocycles. The Morgan fingerprint density at radius 1 is 1.75 bits per heavy atom. The Morgan fingerprint density at radius 3 is 2.75 bits per heavy atom. The van der Waals surface area contributed by atoms with Crippen molar-refractivity contribution in [3.8, 4) is 0 Å². The van der Waals surface area contributed by atoms with E-state index in [2.05, 4.69) is 12.2 Å². The van der Waals surface area contributed by atoms with Crippen molar-refractivity contribution in [2.24, 2.45) is 5.92 Å². The van der Waals surface area contributed by atoms with Gasteiger partial charge in [-0.1, -0.05) is 19.1 Å². The van der Waals surface area contributed by atoms with E-state index in [1.165, 1.54) is 6.42 Å². The van der Waals surface area contributed by atoms with Gasteiger partial charge in [0.1, 0.15) is 0 Å². The van der Waals surface area contributed by atoms with Crippen molar-refractivity contribution < 1.29 is 0 Å². The monoisotopic (exact) mass is 129 g/mol. The van der Waals surface area contributed by atoms with Crippen LogP contribution in [-0.4, -0.2) is 18.0 Å². The van der Waals surface area contributed by atoms with Crippen LogP contribution in [0.25, 0.3) is 0 Å². The Hall–Kier alpha value is 0.0500. The van der Waals surface area contributed by atoms with Crippen molar-refractivity contribution in [1.29, 1.82) is 0 Å². The molecule has 1 saturated heterocycles. The molecule has 0 aromatic rings. The van der Waals surface area contributed by atoms with Crippen molar-refractivity contribution >= 4 is 17.6 Å². The highest BCUT2D eigenvalue weighted by Gasteiger charge is 2.17. The molecular weight excluding hydrogens is 118 g/mol. The molecule has 0 aromatic carbocycles. The highest BCUT2D eigenvalue weighted by molar-refractivity contribution is 7.79. The minimum Gasteiger partial charge on any atom is -0.309 e. The lowest BCUT2D eigenvalue weighted by molar-refractivity contribution is 0.647. The maximum atomic E-state index is 4.78. The molecule has 1 unspecified atom stereocenters. The molecular formula is C6H11NS. The Morgan fingerprint density at radius 2 is 2.50 bits per heavy atom. The second kappa shape index (κ2) is 2.55. The molecule has 46 valence electrons. The molecule has 2 atom stereocenters.